The van der Waals surface area contributed by atoms with Gasteiger partial charge in [-0.3, -0.25) is 0 Å². The van der Waals surface area contributed by atoms with E-state index in [4.69, 9.17) is 5.11 Å². The Kier molecular flexibility index (Phi) is 2.85. The fraction of sp³-hybridized carbons (Fsp3) is 0.857. The lowest BCUT2D eigenvalue weighted by Gasteiger charge is -2.24. The number of aliphatic hydroxyl groups excluding tert-OH is 1. The van der Waals surface area contributed by atoms with Crippen LogP contribution in [0.5, 0.6) is 0 Å². The van der Waals surface area contributed by atoms with Crippen LogP contribution in [0, 0.1) is 11.3 Å². The molecule has 0 aromatic rings. The molecule has 0 bridgehead atoms. The smallest absolute Gasteiger partial charge is 0.123 e. The van der Waals surface area contributed by atoms with E-state index >= 15 is 0 Å². The van der Waals surface area contributed by atoms with Crippen LogP contribution in [0.25, 0.3) is 0 Å². The van der Waals surface area contributed by atoms with E-state index in [-0.39, 0.29) is 17.9 Å². The van der Waals surface area contributed by atoms with Crippen molar-refractivity contribution in [2.75, 3.05) is 6.61 Å². The molecule has 0 amide bonds. The lowest BCUT2D eigenvalue weighted by molar-refractivity contribution is -0.114. The standard InChI is InChI=1S/C7H14O2/c1-6(4-8)7(2,3)5-9/h4,6,9H,5H2,1-3H3. The average molecular weight is 130 g/mol. The lowest BCUT2D eigenvalue weighted by Crippen LogP contribution is -2.26. The van der Waals surface area contributed by atoms with E-state index < -0.39 is 0 Å². The van der Waals surface area contributed by atoms with Gasteiger partial charge in [-0.15, -0.1) is 0 Å². The maximum Gasteiger partial charge on any atom is 0.123 e. The molecule has 1 N–H and O–H groups in total. The van der Waals surface area contributed by atoms with Crippen molar-refractivity contribution in [1.82, 2.24) is 0 Å². The molecule has 0 fully saturated rings. The van der Waals surface area contributed by atoms with Crippen LogP contribution in [-0.4, -0.2) is 18.0 Å². The molecule has 0 aliphatic rings. The summed E-state index contributed by atoms with van der Waals surface area (Å²) in [5.74, 6) is -0.0671. The van der Waals surface area contributed by atoms with Gasteiger partial charge in [-0.05, 0) is 5.41 Å². The zero-order valence-corrected chi connectivity index (χ0v) is 6.22. The van der Waals surface area contributed by atoms with Crippen LogP contribution >= 0.6 is 0 Å². The van der Waals surface area contributed by atoms with Gasteiger partial charge >= 0.3 is 0 Å². The van der Waals surface area contributed by atoms with Crippen LogP contribution in [-0.2, 0) is 4.79 Å². The normalized spacial score (nSPS) is 15.1. The van der Waals surface area contributed by atoms with Crippen LogP contribution in [0.4, 0.5) is 0 Å². The summed E-state index contributed by atoms with van der Waals surface area (Å²) < 4.78 is 0. The highest BCUT2D eigenvalue weighted by Gasteiger charge is 2.23. The molecule has 2 nitrogen and oxygen atoms in total. The van der Waals surface area contributed by atoms with E-state index in [1.165, 1.54) is 0 Å². The highest BCUT2D eigenvalue weighted by molar-refractivity contribution is 5.54. The maximum absolute atomic E-state index is 10.2. The average Bonchev–Trinajstić information content (AvgIpc) is 1.86. The summed E-state index contributed by atoms with van der Waals surface area (Å²) >= 11 is 0. The van der Waals surface area contributed by atoms with Gasteiger partial charge in [0.1, 0.15) is 6.29 Å². The van der Waals surface area contributed by atoms with Gasteiger partial charge in [0.25, 0.3) is 0 Å². The predicted octanol–water partition coefficient (Wildman–Crippen LogP) is 0.840. The Morgan fingerprint density at radius 3 is 2.22 bits per heavy atom. The summed E-state index contributed by atoms with van der Waals surface area (Å²) in [6.07, 6.45) is 0.871. The van der Waals surface area contributed by atoms with Gasteiger partial charge in [-0.1, -0.05) is 20.8 Å². The Labute approximate surface area is 55.9 Å². The van der Waals surface area contributed by atoms with Crippen molar-refractivity contribution in [1.29, 1.82) is 0 Å². The molecule has 0 aromatic carbocycles. The molecule has 0 spiro atoms. The molecular formula is C7H14O2. The highest BCUT2D eigenvalue weighted by Crippen LogP contribution is 2.23. The van der Waals surface area contributed by atoms with Gasteiger partial charge in [0.05, 0.1) is 0 Å². The van der Waals surface area contributed by atoms with Crippen molar-refractivity contribution in [2.24, 2.45) is 11.3 Å². The van der Waals surface area contributed by atoms with E-state index in [0.717, 1.165) is 6.29 Å². The molecule has 1 unspecified atom stereocenters. The zero-order valence-electron chi connectivity index (χ0n) is 6.22. The fourth-order valence-electron chi connectivity index (χ4n) is 0.328. The Bertz CT molecular complexity index is 97.1. The van der Waals surface area contributed by atoms with Crippen molar-refractivity contribution >= 4 is 6.29 Å². The minimum absolute atomic E-state index is 0.0624. The molecule has 54 valence electrons. The van der Waals surface area contributed by atoms with Gasteiger partial charge in [0.15, 0.2) is 0 Å². The number of hydrogen-bond donors (Lipinski definition) is 1. The second-order valence-corrected chi connectivity index (χ2v) is 3.07. The number of carbonyl (C=O) groups excluding carboxylic acids is 1. The van der Waals surface area contributed by atoms with Crippen molar-refractivity contribution in [2.45, 2.75) is 20.8 Å². The third kappa shape index (κ3) is 2.14. The molecule has 0 aliphatic heterocycles. The topological polar surface area (TPSA) is 37.3 Å². The lowest BCUT2D eigenvalue weighted by atomic mass is 9.82. The monoisotopic (exact) mass is 130 g/mol. The van der Waals surface area contributed by atoms with E-state index in [1.54, 1.807) is 0 Å². The number of rotatable bonds is 3. The SMILES string of the molecule is CC(C=O)C(C)(C)CO. The molecule has 0 saturated carbocycles. The summed E-state index contributed by atoms with van der Waals surface area (Å²) in [6.45, 7) is 5.61. The first kappa shape index (κ1) is 8.63. The predicted molar refractivity (Wildman–Crippen MR) is 36.1 cm³/mol. The minimum Gasteiger partial charge on any atom is -0.396 e. The number of aliphatic hydroxyl groups is 1. The zero-order chi connectivity index (χ0) is 7.49. The third-order valence-electron chi connectivity index (χ3n) is 1.84. The van der Waals surface area contributed by atoms with Gasteiger partial charge in [0.2, 0.25) is 0 Å². The molecule has 9 heavy (non-hydrogen) atoms. The van der Waals surface area contributed by atoms with Gasteiger partial charge in [0, 0.05) is 12.5 Å². The van der Waals surface area contributed by atoms with Crippen molar-refractivity contribution in [3.05, 3.63) is 0 Å². The molecule has 1 atom stereocenters. The Balaban J connectivity index is 3.95. The second kappa shape index (κ2) is 2.97. The molecule has 0 heterocycles. The van der Waals surface area contributed by atoms with Crippen molar-refractivity contribution in [3.63, 3.8) is 0 Å². The van der Waals surface area contributed by atoms with Crippen LogP contribution in [0.2, 0.25) is 0 Å². The number of hydrogen-bond acceptors (Lipinski definition) is 2. The molecule has 0 radical (unpaired) electrons. The number of carbonyl (C=O) groups is 1. The van der Waals surface area contributed by atoms with E-state index in [9.17, 15) is 4.79 Å². The summed E-state index contributed by atoms with van der Waals surface area (Å²) in [7, 11) is 0. The number of aldehydes is 1. The van der Waals surface area contributed by atoms with Crippen LogP contribution in [0.1, 0.15) is 20.8 Å². The third-order valence-corrected chi connectivity index (χ3v) is 1.84. The quantitative estimate of drug-likeness (QED) is 0.575. The summed E-state index contributed by atoms with van der Waals surface area (Å²) in [5.41, 5.74) is -0.262. The highest BCUT2D eigenvalue weighted by atomic mass is 16.3. The van der Waals surface area contributed by atoms with Gasteiger partial charge < -0.3 is 9.90 Å². The largest absolute Gasteiger partial charge is 0.396 e. The van der Waals surface area contributed by atoms with Crippen molar-refractivity contribution in [3.8, 4) is 0 Å². The molecule has 0 saturated heterocycles. The van der Waals surface area contributed by atoms with Gasteiger partial charge in [-0.25, -0.2) is 0 Å². The van der Waals surface area contributed by atoms with Gasteiger partial charge in [-0.2, -0.15) is 0 Å². The van der Waals surface area contributed by atoms with E-state index in [2.05, 4.69) is 0 Å². The molecule has 0 aliphatic carbocycles. The molecular weight excluding hydrogens is 116 g/mol. The molecule has 0 rings (SSSR count). The minimum atomic E-state index is -0.262. The molecule has 2 heteroatoms. The van der Waals surface area contributed by atoms with Crippen LogP contribution < -0.4 is 0 Å². The summed E-state index contributed by atoms with van der Waals surface area (Å²) in [5, 5.41) is 8.74. The van der Waals surface area contributed by atoms with Crippen LogP contribution in [0.3, 0.4) is 0 Å². The van der Waals surface area contributed by atoms with Crippen LogP contribution in [0.15, 0.2) is 0 Å². The maximum atomic E-state index is 10.2. The second-order valence-electron chi connectivity index (χ2n) is 3.07. The fourth-order valence-corrected chi connectivity index (χ4v) is 0.328. The Morgan fingerprint density at radius 2 is 2.11 bits per heavy atom. The first-order valence-corrected chi connectivity index (χ1v) is 3.10. The van der Waals surface area contributed by atoms with E-state index in [0.29, 0.717) is 0 Å². The molecule has 0 aromatic heterocycles. The Hall–Kier alpha value is -0.370. The first-order valence-electron chi connectivity index (χ1n) is 3.10. The Morgan fingerprint density at radius 1 is 1.67 bits per heavy atom. The van der Waals surface area contributed by atoms with E-state index in [1.807, 2.05) is 20.8 Å². The summed E-state index contributed by atoms with van der Waals surface area (Å²) in [4.78, 5) is 10.2. The summed E-state index contributed by atoms with van der Waals surface area (Å²) in [6, 6.07) is 0. The first-order chi connectivity index (χ1) is 4.04. The van der Waals surface area contributed by atoms with Crippen molar-refractivity contribution < 1.29 is 9.90 Å².